The van der Waals surface area contributed by atoms with E-state index < -0.39 is 7.14 Å². The van der Waals surface area contributed by atoms with Crippen LogP contribution in [-0.4, -0.2) is 49.1 Å². The average molecular weight is 536 g/mol. The molecule has 0 saturated heterocycles. The van der Waals surface area contributed by atoms with Crippen molar-refractivity contribution in [3.05, 3.63) is 87.5 Å². The summed E-state index contributed by atoms with van der Waals surface area (Å²) in [5, 5.41) is 5.62. The maximum absolute atomic E-state index is 14.4. The fourth-order valence-corrected chi connectivity index (χ4v) is 7.02. The fourth-order valence-electron chi connectivity index (χ4n) is 5.15. The minimum atomic E-state index is -2.43. The van der Waals surface area contributed by atoms with E-state index >= 15 is 0 Å². The third kappa shape index (κ3) is 4.25. The SMILES string of the molecule is CCP(=O)(CC)c1ccc(-n2ccn(-c3c4c(nn3-c3cc(C)c(F)c(C)c3)CCN(C=O)C4)c2=O)cc1. The molecule has 10 heteroatoms. The topological polar surface area (TPSA) is 82.1 Å². The first-order valence-electron chi connectivity index (χ1n) is 12.8. The zero-order valence-corrected chi connectivity index (χ0v) is 22.9. The second-order valence-electron chi connectivity index (χ2n) is 9.74. The molecule has 0 aliphatic carbocycles. The van der Waals surface area contributed by atoms with E-state index in [0.717, 1.165) is 23.0 Å². The molecule has 0 atom stereocenters. The molecule has 0 radical (unpaired) electrons. The Morgan fingerprint density at radius 1 is 1.00 bits per heavy atom. The lowest BCUT2D eigenvalue weighted by Crippen LogP contribution is -2.30. The van der Waals surface area contributed by atoms with Gasteiger partial charge in [-0.1, -0.05) is 13.8 Å². The standard InChI is InChI=1S/C28H31FN5O3P/c1-5-38(37,6-2)23-9-7-21(8-10-23)32-13-14-33(28(32)36)27-24-17-31(18-35)12-11-25(24)30-34(27)22-15-19(3)26(29)20(4)16-22/h7-10,13-16,18H,5-6,11-12,17H2,1-4H3. The van der Waals surface area contributed by atoms with Gasteiger partial charge in [0.1, 0.15) is 18.8 Å². The van der Waals surface area contributed by atoms with Gasteiger partial charge in [-0.25, -0.2) is 13.9 Å². The van der Waals surface area contributed by atoms with E-state index in [1.54, 1.807) is 48.0 Å². The number of aryl methyl sites for hydroxylation is 2. The molecule has 2 aromatic heterocycles. The molecule has 0 spiro atoms. The van der Waals surface area contributed by atoms with Gasteiger partial charge < -0.3 is 9.46 Å². The highest BCUT2D eigenvalue weighted by Gasteiger charge is 2.28. The molecular weight excluding hydrogens is 504 g/mol. The molecule has 0 unspecified atom stereocenters. The molecule has 0 fully saturated rings. The van der Waals surface area contributed by atoms with Crippen LogP contribution in [0.15, 0.2) is 53.6 Å². The Morgan fingerprint density at radius 3 is 2.24 bits per heavy atom. The molecule has 2 aromatic carbocycles. The van der Waals surface area contributed by atoms with Crippen LogP contribution in [-0.2, 0) is 22.3 Å². The van der Waals surface area contributed by atoms with Gasteiger partial charge in [0.2, 0.25) is 6.41 Å². The number of fused-ring (bicyclic) bond motifs is 1. The van der Waals surface area contributed by atoms with Crippen molar-refractivity contribution < 1.29 is 13.8 Å². The number of rotatable bonds is 7. The molecule has 0 saturated carbocycles. The van der Waals surface area contributed by atoms with E-state index in [9.17, 15) is 18.5 Å². The van der Waals surface area contributed by atoms with Crippen LogP contribution in [0.1, 0.15) is 36.2 Å². The summed E-state index contributed by atoms with van der Waals surface area (Å²) in [4.78, 5) is 27.0. The number of carbonyl (C=O) groups excluding carboxylic acids is 1. The van der Waals surface area contributed by atoms with Gasteiger partial charge in [0.05, 0.1) is 23.6 Å². The quantitative estimate of drug-likeness (QED) is 0.264. The van der Waals surface area contributed by atoms with Gasteiger partial charge in [0.25, 0.3) is 0 Å². The normalized spacial score (nSPS) is 13.6. The summed E-state index contributed by atoms with van der Waals surface area (Å²) in [5.41, 5.74) is 3.53. The van der Waals surface area contributed by atoms with Crippen molar-refractivity contribution in [1.29, 1.82) is 0 Å². The highest BCUT2D eigenvalue weighted by Crippen LogP contribution is 2.43. The Labute approximate surface area is 220 Å². The summed E-state index contributed by atoms with van der Waals surface area (Å²) in [6, 6.07) is 10.7. The molecule has 1 aliphatic rings. The molecule has 5 rings (SSSR count). The van der Waals surface area contributed by atoms with Crippen molar-refractivity contribution >= 4 is 18.9 Å². The molecule has 4 aromatic rings. The Balaban J connectivity index is 1.65. The Hall–Kier alpha value is -3.71. The van der Waals surface area contributed by atoms with E-state index in [1.807, 2.05) is 38.1 Å². The zero-order valence-electron chi connectivity index (χ0n) is 22.0. The smallest absolute Gasteiger partial charge is 0.338 e. The van der Waals surface area contributed by atoms with Crippen LogP contribution in [0, 0.1) is 19.7 Å². The van der Waals surface area contributed by atoms with Gasteiger partial charge in [0, 0.05) is 48.6 Å². The second-order valence-corrected chi connectivity index (χ2v) is 13.3. The maximum atomic E-state index is 14.4. The van der Waals surface area contributed by atoms with Crippen LogP contribution < -0.4 is 11.0 Å². The summed E-state index contributed by atoms with van der Waals surface area (Å²) in [6.07, 6.45) is 5.90. The lowest BCUT2D eigenvalue weighted by Gasteiger charge is -2.22. The minimum Gasteiger partial charge on any atom is -0.340 e. The molecule has 38 heavy (non-hydrogen) atoms. The number of imidazole rings is 1. The number of benzene rings is 2. The Morgan fingerprint density at radius 2 is 1.63 bits per heavy atom. The van der Waals surface area contributed by atoms with Crippen molar-refractivity contribution in [3.8, 4) is 17.2 Å². The maximum Gasteiger partial charge on any atom is 0.338 e. The Bertz CT molecular complexity index is 1600. The summed E-state index contributed by atoms with van der Waals surface area (Å²) in [7, 11) is -2.43. The van der Waals surface area contributed by atoms with E-state index in [-0.39, 0.29) is 11.5 Å². The summed E-state index contributed by atoms with van der Waals surface area (Å²) < 4.78 is 32.3. The van der Waals surface area contributed by atoms with Crippen molar-refractivity contribution in [2.45, 2.75) is 40.7 Å². The predicted octanol–water partition coefficient (Wildman–Crippen LogP) is 4.11. The first-order valence-corrected chi connectivity index (χ1v) is 14.8. The monoisotopic (exact) mass is 535 g/mol. The van der Waals surface area contributed by atoms with Crippen molar-refractivity contribution in [3.63, 3.8) is 0 Å². The molecular formula is C28H31FN5O3P. The van der Waals surface area contributed by atoms with Crippen molar-refractivity contribution in [2.75, 3.05) is 18.9 Å². The van der Waals surface area contributed by atoms with E-state index in [1.165, 1.54) is 9.13 Å². The summed E-state index contributed by atoms with van der Waals surface area (Å²) in [5.74, 6) is 0.251. The highest BCUT2D eigenvalue weighted by molar-refractivity contribution is 7.71. The van der Waals surface area contributed by atoms with Crippen LogP contribution in [0.5, 0.6) is 0 Å². The van der Waals surface area contributed by atoms with Crippen molar-refractivity contribution in [2.24, 2.45) is 0 Å². The van der Waals surface area contributed by atoms with Gasteiger partial charge in [-0.2, -0.15) is 5.10 Å². The second kappa shape index (κ2) is 9.87. The van der Waals surface area contributed by atoms with Crippen LogP contribution in [0.2, 0.25) is 0 Å². The van der Waals surface area contributed by atoms with E-state index in [2.05, 4.69) is 0 Å². The van der Waals surface area contributed by atoms with Crippen LogP contribution in [0.3, 0.4) is 0 Å². The highest BCUT2D eigenvalue weighted by atomic mass is 31.2. The molecule has 1 aliphatic heterocycles. The van der Waals surface area contributed by atoms with Crippen LogP contribution in [0.25, 0.3) is 17.2 Å². The van der Waals surface area contributed by atoms with E-state index in [0.29, 0.717) is 60.2 Å². The largest absolute Gasteiger partial charge is 0.340 e. The molecule has 0 bridgehead atoms. The first-order chi connectivity index (χ1) is 18.2. The molecule has 8 nitrogen and oxygen atoms in total. The lowest BCUT2D eigenvalue weighted by atomic mass is 10.1. The number of hydrogen-bond donors (Lipinski definition) is 0. The zero-order chi connectivity index (χ0) is 27.2. The van der Waals surface area contributed by atoms with E-state index in [4.69, 9.17) is 5.10 Å². The van der Waals surface area contributed by atoms with Crippen LogP contribution >= 0.6 is 7.14 Å². The number of hydrogen-bond acceptors (Lipinski definition) is 4. The van der Waals surface area contributed by atoms with Gasteiger partial charge in [-0.05, 0) is 61.4 Å². The minimum absolute atomic E-state index is 0.276. The van der Waals surface area contributed by atoms with Crippen molar-refractivity contribution in [1.82, 2.24) is 23.8 Å². The molecule has 1 amide bonds. The number of carbonyl (C=O) groups is 1. The number of aromatic nitrogens is 4. The molecule has 3 heterocycles. The van der Waals surface area contributed by atoms with Gasteiger partial charge in [0.15, 0.2) is 0 Å². The predicted molar refractivity (Wildman–Crippen MR) is 146 cm³/mol. The summed E-state index contributed by atoms with van der Waals surface area (Å²) >= 11 is 0. The third-order valence-corrected chi connectivity index (χ3v) is 10.8. The Kier molecular flexibility index (Phi) is 6.73. The van der Waals surface area contributed by atoms with Crippen LogP contribution in [0.4, 0.5) is 4.39 Å². The van der Waals surface area contributed by atoms with Gasteiger partial charge >= 0.3 is 5.69 Å². The fraction of sp³-hybridized carbons (Fsp3) is 0.321. The molecule has 198 valence electrons. The molecule has 0 N–H and O–H groups in total. The van der Waals surface area contributed by atoms with Gasteiger partial charge in [-0.3, -0.25) is 13.9 Å². The average Bonchev–Trinajstić information content (AvgIpc) is 3.50. The lowest BCUT2D eigenvalue weighted by molar-refractivity contribution is -0.118. The number of nitrogens with zero attached hydrogens (tertiary/aromatic N) is 5. The first kappa shape index (κ1) is 25.9. The number of halogens is 1. The van der Waals surface area contributed by atoms with Gasteiger partial charge in [-0.15, -0.1) is 0 Å². The summed E-state index contributed by atoms with van der Waals surface area (Å²) in [6.45, 7) is 8.13. The third-order valence-electron chi connectivity index (χ3n) is 7.48. The number of amides is 1.